The number of furan rings is 1. The Labute approximate surface area is 149 Å². The van der Waals surface area contributed by atoms with Crippen molar-refractivity contribution < 1.29 is 22.4 Å². The number of alkyl halides is 3. The number of benzene rings is 1. The van der Waals surface area contributed by atoms with E-state index in [9.17, 15) is 18.0 Å². The van der Waals surface area contributed by atoms with Crippen LogP contribution < -0.4 is 5.32 Å². The number of carbonyl (C=O) groups is 1. The smallest absolute Gasteiger partial charge is 0.417 e. The van der Waals surface area contributed by atoms with Gasteiger partial charge in [0.15, 0.2) is 5.17 Å². The normalized spacial score (nSPS) is 18.2. The van der Waals surface area contributed by atoms with Gasteiger partial charge < -0.3 is 9.73 Å². The molecule has 1 fully saturated rings. The Morgan fingerprint density at radius 3 is 2.68 bits per heavy atom. The molecule has 0 saturated carbocycles. The molecule has 130 valence electrons. The first-order valence-corrected chi connectivity index (χ1v) is 8.14. The number of nitrogens with one attached hydrogen (secondary N) is 1. The predicted molar refractivity (Wildman–Crippen MR) is 90.7 cm³/mol. The van der Waals surface area contributed by atoms with Crippen molar-refractivity contribution in [2.24, 2.45) is 4.99 Å². The summed E-state index contributed by atoms with van der Waals surface area (Å²) in [6.07, 6.45) is -3.04. The van der Waals surface area contributed by atoms with Gasteiger partial charge in [-0.2, -0.15) is 13.2 Å². The van der Waals surface area contributed by atoms with Gasteiger partial charge in [-0.15, -0.1) is 0 Å². The van der Waals surface area contributed by atoms with E-state index in [0.29, 0.717) is 16.4 Å². The molecule has 25 heavy (non-hydrogen) atoms. The minimum atomic E-state index is -4.58. The van der Waals surface area contributed by atoms with Crippen LogP contribution in [0.5, 0.6) is 0 Å². The topological polar surface area (TPSA) is 54.6 Å². The number of aliphatic imine (C=N–C) groups is 1. The Morgan fingerprint density at radius 1 is 1.28 bits per heavy atom. The molecule has 1 N–H and O–H groups in total. The molecule has 2 aromatic rings. The number of hydrogen-bond acceptors (Lipinski definition) is 4. The molecule has 9 heteroatoms. The van der Waals surface area contributed by atoms with E-state index in [0.717, 1.165) is 23.9 Å². The minimum absolute atomic E-state index is 0.0367. The zero-order chi connectivity index (χ0) is 18.2. The van der Waals surface area contributed by atoms with Gasteiger partial charge in [0, 0.05) is 6.08 Å². The zero-order valence-electron chi connectivity index (χ0n) is 12.6. The highest BCUT2D eigenvalue weighted by Crippen LogP contribution is 2.37. The van der Waals surface area contributed by atoms with Gasteiger partial charge in [-0.1, -0.05) is 11.6 Å². The van der Waals surface area contributed by atoms with E-state index in [4.69, 9.17) is 16.0 Å². The summed E-state index contributed by atoms with van der Waals surface area (Å²) >= 11 is 6.58. The van der Waals surface area contributed by atoms with Gasteiger partial charge in [-0.25, -0.2) is 4.99 Å². The maximum absolute atomic E-state index is 12.9. The van der Waals surface area contributed by atoms with Gasteiger partial charge in [-0.05, 0) is 49.0 Å². The summed E-state index contributed by atoms with van der Waals surface area (Å²) in [6.45, 7) is 1.77. The molecule has 0 unspecified atom stereocenters. The number of rotatable bonds is 2. The average molecular weight is 387 g/mol. The van der Waals surface area contributed by atoms with Crippen LogP contribution in [0, 0.1) is 6.92 Å². The van der Waals surface area contributed by atoms with E-state index in [2.05, 4.69) is 10.3 Å². The summed E-state index contributed by atoms with van der Waals surface area (Å²) < 4.78 is 44.0. The maximum Gasteiger partial charge on any atom is 0.417 e. The Balaban J connectivity index is 1.86. The fourth-order valence-corrected chi connectivity index (χ4v) is 3.10. The van der Waals surface area contributed by atoms with Gasteiger partial charge in [0.1, 0.15) is 11.5 Å². The van der Waals surface area contributed by atoms with Crippen molar-refractivity contribution in [3.8, 4) is 0 Å². The quantitative estimate of drug-likeness (QED) is 0.726. The van der Waals surface area contributed by atoms with Crippen molar-refractivity contribution in [3.05, 3.63) is 57.3 Å². The molecule has 1 amide bonds. The highest BCUT2D eigenvalue weighted by atomic mass is 35.5. The van der Waals surface area contributed by atoms with Crippen molar-refractivity contribution in [1.82, 2.24) is 5.32 Å². The van der Waals surface area contributed by atoms with Gasteiger partial charge in [0.2, 0.25) is 0 Å². The van der Waals surface area contributed by atoms with Crippen LogP contribution >= 0.6 is 23.4 Å². The molecular weight excluding hydrogens is 377 g/mol. The Morgan fingerprint density at radius 2 is 2.04 bits per heavy atom. The van der Waals surface area contributed by atoms with E-state index < -0.39 is 22.7 Å². The van der Waals surface area contributed by atoms with Crippen molar-refractivity contribution in [3.63, 3.8) is 0 Å². The number of halogens is 4. The highest BCUT2D eigenvalue weighted by molar-refractivity contribution is 8.18. The van der Waals surface area contributed by atoms with E-state index in [1.54, 1.807) is 25.1 Å². The fraction of sp³-hybridized carbons (Fsp3) is 0.125. The first-order valence-electron chi connectivity index (χ1n) is 6.95. The Kier molecular flexibility index (Phi) is 4.66. The Hall–Kier alpha value is -2.19. The molecule has 0 aliphatic carbocycles. The summed E-state index contributed by atoms with van der Waals surface area (Å²) in [5.41, 5.74) is -0.943. The third-order valence-electron chi connectivity index (χ3n) is 3.17. The number of thioether (sulfide) groups is 1. The van der Waals surface area contributed by atoms with Crippen molar-refractivity contribution in [1.29, 1.82) is 0 Å². The lowest BCUT2D eigenvalue weighted by molar-refractivity contribution is -0.137. The summed E-state index contributed by atoms with van der Waals surface area (Å²) in [6, 6.07) is 6.76. The van der Waals surface area contributed by atoms with E-state index >= 15 is 0 Å². The van der Waals surface area contributed by atoms with Crippen LogP contribution in [0.2, 0.25) is 5.02 Å². The molecule has 1 aliphatic heterocycles. The maximum atomic E-state index is 12.9. The van der Waals surface area contributed by atoms with Crippen LogP contribution in [0.15, 0.2) is 44.6 Å². The molecule has 1 aromatic carbocycles. The number of aryl methyl sites for hydroxylation is 1. The first kappa shape index (κ1) is 17.6. The standard InChI is InChI=1S/C16H10ClF3N2O2S/c1-8-2-4-10(24-8)7-13-14(23)22-15(25-13)21-9-3-5-12(17)11(6-9)16(18,19)20/h2-7H,1H3,(H,21,22,23)/b13-7+. The molecule has 1 aromatic heterocycles. The molecule has 0 atom stereocenters. The summed E-state index contributed by atoms with van der Waals surface area (Å²) in [5.74, 6) is 0.801. The lowest BCUT2D eigenvalue weighted by Gasteiger charge is -2.09. The third-order valence-corrected chi connectivity index (χ3v) is 4.41. The van der Waals surface area contributed by atoms with Crippen molar-refractivity contribution in [2.45, 2.75) is 13.1 Å². The fourth-order valence-electron chi connectivity index (χ4n) is 2.06. The number of carbonyl (C=O) groups excluding carboxylic acids is 1. The number of nitrogens with zero attached hydrogens (tertiary/aromatic N) is 1. The molecule has 0 bridgehead atoms. The highest BCUT2D eigenvalue weighted by Gasteiger charge is 2.33. The van der Waals surface area contributed by atoms with Crippen LogP contribution in [0.3, 0.4) is 0 Å². The number of amidine groups is 1. The second-order valence-corrected chi connectivity index (χ2v) is 6.53. The molecule has 1 saturated heterocycles. The predicted octanol–water partition coefficient (Wildman–Crippen LogP) is 5.15. The van der Waals surface area contributed by atoms with Crippen molar-refractivity contribution >= 4 is 46.2 Å². The molecule has 3 rings (SSSR count). The van der Waals surface area contributed by atoms with Crippen molar-refractivity contribution in [2.75, 3.05) is 0 Å². The van der Waals surface area contributed by atoms with Crippen LogP contribution in [0.25, 0.3) is 6.08 Å². The van der Waals surface area contributed by atoms with Crippen LogP contribution in [-0.2, 0) is 11.0 Å². The summed E-state index contributed by atoms with van der Waals surface area (Å²) in [5, 5.41) is 2.27. The van der Waals surface area contributed by atoms with Gasteiger partial charge in [0.25, 0.3) is 5.91 Å². The number of amides is 1. The first-order chi connectivity index (χ1) is 11.7. The van der Waals surface area contributed by atoms with E-state index in [-0.39, 0.29) is 10.9 Å². The average Bonchev–Trinajstić information content (AvgIpc) is 3.06. The van der Waals surface area contributed by atoms with Crippen LogP contribution in [-0.4, -0.2) is 11.1 Å². The number of hydrogen-bond donors (Lipinski definition) is 1. The molecule has 4 nitrogen and oxygen atoms in total. The van der Waals surface area contributed by atoms with Gasteiger partial charge in [-0.3, -0.25) is 4.79 Å². The van der Waals surface area contributed by atoms with Gasteiger partial charge in [0.05, 0.1) is 21.2 Å². The SMILES string of the molecule is Cc1ccc(/C=C2/SC(=Nc3ccc(Cl)c(C(F)(F)F)c3)NC2=O)o1. The molecule has 1 aliphatic rings. The zero-order valence-corrected chi connectivity index (χ0v) is 14.2. The lowest BCUT2D eigenvalue weighted by atomic mass is 10.2. The summed E-state index contributed by atoms with van der Waals surface area (Å²) in [4.78, 5) is 16.3. The largest absolute Gasteiger partial charge is 0.462 e. The van der Waals surface area contributed by atoms with Gasteiger partial charge >= 0.3 is 6.18 Å². The lowest BCUT2D eigenvalue weighted by Crippen LogP contribution is -2.19. The van der Waals surface area contributed by atoms with Crippen LogP contribution in [0.1, 0.15) is 17.1 Å². The second-order valence-electron chi connectivity index (χ2n) is 5.09. The van der Waals surface area contributed by atoms with E-state index in [1.165, 1.54) is 6.07 Å². The minimum Gasteiger partial charge on any atom is -0.462 e. The second kappa shape index (κ2) is 6.61. The third kappa shape index (κ3) is 4.08. The van der Waals surface area contributed by atoms with E-state index in [1.807, 2.05) is 0 Å². The van der Waals surface area contributed by atoms with Crippen LogP contribution in [0.4, 0.5) is 18.9 Å². The molecule has 0 radical (unpaired) electrons. The monoisotopic (exact) mass is 386 g/mol. The summed E-state index contributed by atoms with van der Waals surface area (Å²) in [7, 11) is 0. The molecule has 2 heterocycles. The molecule has 0 spiro atoms. The Bertz CT molecular complexity index is 903. The molecular formula is C16H10ClF3N2O2S.